The SMILES string of the molecule is O=C(NCC1(CCBr)CC1)c1ccsc1. The third kappa shape index (κ3) is 2.82. The van der Waals surface area contributed by atoms with Crippen molar-refractivity contribution in [2.45, 2.75) is 19.3 Å². The fraction of sp³-hybridized carbons (Fsp3) is 0.545. The Labute approximate surface area is 102 Å². The van der Waals surface area contributed by atoms with Crippen LogP contribution in [0.1, 0.15) is 29.6 Å². The molecule has 4 heteroatoms. The van der Waals surface area contributed by atoms with Gasteiger partial charge in [0.25, 0.3) is 5.91 Å². The van der Waals surface area contributed by atoms with Crippen LogP contribution in [0.4, 0.5) is 0 Å². The number of thiophene rings is 1. The third-order valence-corrected chi connectivity index (χ3v) is 4.07. The number of amides is 1. The molecule has 1 fully saturated rings. The number of alkyl halides is 1. The predicted octanol–water partition coefficient (Wildman–Crippen LogP) is 3.04. The van der Waals surface area contributed by atoms with E-state index in [4.69, 9.17) is 0 Å². The van der Waals surface area contributed by atoms with E-state index in [0.29, 0.717) is 5.41 Å². The van der Waals surface area contributed by atoms with E-state index in [1.54, 1.807) is 11.3 Å². The lowest BCUT2D eigenvalue weighted by molar-refractivity contribution is 0.0945. The second-order valence-electron chi connectivity index (χ2n) is 4.13. The summed E-state index contributed by atoms with van der Waals surface area (Å²) in [6.07, 6.45) is 3.67. The zero-order valence-corrected chi connectivity index (χ0v) is 10.9. The summed E-state index contributed by atoms with van der Waals surface area (Å²) < 4.78 is 0. The van der Waals surface area contributed by atoms with Gasteiger partial charge in [0.05, 0.1) is 0 Å². The van der Waals surface area contributed by atoms with Crippen molar-refractivity contribution >= 4 is 33.2 Å². The van der Waals surface area contributed by atoms with Gasteiger partial charge >= 0.3 is 0 Å². The van der Waals surface area contributed by atoms with Gasteiger partial charge in [0.1, 0.15) is 0 Å². The van der Waals surface area contributed by atoms with Gasteiger partial charge in [0.15, 0.2) is 0 Å². The first-order valence-corrected chi connectivity index (χ1v) is 7.19. The number of carbonyl (C=O) groups is 1. The second kappa shape index (κ2) is 4.66. The summed E-state index contributed by atoms with van der Waals surface area (Å²) in [5.41, 5.74) is 1.18. The van der Waals surface area contributed by atoms with E-state index >= 15 is 0 Å². The van der Waals surface area contributed by atoms with E-state index < -0.39 is 0 Å². The maximum Gasteiger partial charge on any atom is 0.252 e. The van der Waals surface area contributed by atoms with Crippen LogP contribution in [0, 0.1) is 5.41 Å². The largest absolute Gasteiger partial charge is 0.351 e. The lowest BCUT2D eigenvalue weighted by Gasteiger charge is -2.13. The average molecular weight is 288 g/mol. The summed E-state index contributed by atoms with van der Waals surface area (Å²) in [5, 5.41) is 7.87. The smallest absolute Gasteiger partial charge is 0.252 e. The number of nitrogens with one attached hydrogen (secondary N) is 1. The average Bonchev–Trinajstić information content (AvgIpc) is 2.81. The normalized spacial score (nSPS) is 17.4. The molecule has 0 saturated heterocycles. The molecule has 1 aliphatic rings. The molecule has 0 spiro atoms. The molecule has 1 heterocycles. The molecule has 2 rings (SSSR count). The van der Waals surface area contributed by atoms with Gasteiger partial charge in [-0.25, -0.2) is 0 Å². The van der Waals surface area contributed by atoms with Gasteiger partial charge < -0.3 is 5.32 Å². The van der Waals surface area contributed by atoms with Gasteiger partial charge in [0.2, 0.25) is 0 Å². The summed E-state index contributed by atoms with van der Waals surface area (Å²) >= 11 is 5.02. The van der Waals surface area contributed by atoms with Crippen molar-refractivity contribution in [3.8, 4) is 0 Å². The fourth-order valence-electron chi connectivity index (χ4n) is 1.66. The molecule has 15 heavy (non-hydrogen) atoms. The van der Waals surface area contributed by atoms with Crippen LogP contribution in [0.25, 0.3) is 0 Å². The molecule has 1 N–H and O–H groups in total. The molecule has 1 saturated carbocycles. The Kier molecular flexibility index (Phi) is 3.46. The minimum atomic E-state index is 0.0668. The molecule has 0 aromatic carbocycles. The predicted molar refractivity (Wildman–Crippen MR) is 66.7 cm³/mol. The first kappa shape index (κ1) is 11.1. The molecule has 1 aromatic rings. The summed E-state index contributed by atoms with van der Waals surface area (Å²) in [7, 11) is 0. The molecule has 0 atom stereocenters. The van der Waals surface area contributed by atoms with Crippen LogP contribution in [0.15, 0.2) is 16.8 Å². The van der Waals surface area contributed by atoms with E-state index in [9.17, 15) is 4.79 Å². The van der Waals surface area contributed by atoms with Crippen molar-refractivity contribution in [3.63, 3.8) is 0 Å². The van der Waals surface area contributed by atoms with Gasteiger partial charge in [-0.15, -0.1) is 0 Å². The van der Waals surface area contributed by atoms with E-state index in [-0.39, 0.29) is 5.91 Å². The van der Waals surface area contributed by atoms with Gasteiger partial charge in [-0.1, -0.05) is 15.9 Å². The molecular weight excluding hydrogens is 274 g/mol. The Hall–Kier alpha value is -0.350. The quantitative estimate of drug-likeness (QED) is 0.829. The number of hydrogen-bond acceptors (Lipinski definition) is 2. The number of rotatable bonds is 5. The summed E-state index contributed by atoms with van der Waals surface area (Å²) in [5.74, 6) is 0.0668. The zero-order chi connectivity index (χ0) is 10.7. The molecule has 0 aliphatic heterocycles. The molecule has 0 radical (unpaired) electrons. The maximum absolute atomic E-state index is 11.7. The first-order valence-electron chi connectivity index (χ1n) is 5.12. The minimum Gasteiger partial charge on any atom is -0.351 e. The minimum absolute atomic E-state index is 0.0668. The Bertz CT molecular complexity index is 332. The molecule has 1 aliphatic carbocycles. The van der Waals surface area contributed by atoms with Crippen molar-refractivity contribution in [3.05, 3.63) is 22.4 Å². The summed E-state index contributed by atoms with van der Waals surface area (Å²) in [6, 6.07) is 1.87. The van der Waals surface area contributed by atoms with Crippen LogP contribution in [0.3, 0.4) is 0 Å². The molecule has 0 unspecified atom stereocenters. The van der Waals surface area contributed by atoms with Crippen molar-refractivity contribution in [2.24, 2.45) is 5.41 Å². The van der Waals surface area contributed by atoms with Gasteiger partial charge in [-0.3, -0.25) is 4.79 Å². The number of carbonyl (C=O) groups excluding carboxylic acids is 1. The molecule has 1 aromatic heterocycles. The zero-order valence-electron chi connectivity index (χ0n) is 8.46. The molecular formula is C11H14BrNOS. The van der Waals surface area contributed by atoms with Gasteiger partial charge in [-0.2, -0.15) is 11.3 Å². The van der Waals surface area contributed by atoms with E-state index in [2.05, 4.69) is 21.2 Å². The van der Waals surface area contributed by atoms with Crippen LogP contribution < -0.4 is 5.32 Å². The van der Waals surface area contributed by atoms with Crippen molar-refractivity contribution in [2.75, 3.05) is 11.9 Å². The van der Waals surface area contributed by atoms with Gasteiger partial charge in [-0.05, 0) is 36.1 Å². The van der Waals surface area contributed by atoms with Crippen LogP contribution in [-0.2, 0) is 0 Å². The van der Waals surface area contributed by atoms with Crippen molar-refractivity contribution in [1.82, 2.24) is 5.32 Å². The number of halogens is 1. The second-order valence-corrected chi connectivity index (χ2v) is 5.71. The van der Waals surface area contributed by atoms with E-state index in [0.717, 1.165) is 23.9 Å². The lowest BCUT2D eigenvalue weighted by atomic mass is 10.0. The Morgan fingerprint density at radius 1 is 1.60 bits per heavy atom. The van der Waals surface area contributed by atoms with Crippen LogP contribution >= 0.6 is 27.3 Å². The van der Waals surface area contributed by atoms with Crippen molar-refractivity contribution in [1.29, 1.82) is 0 Å². The maximum atomic E-state index is 11.7. The molecule has 2 nitrogen and oxygen atoms in total. The highest BCUT2D eigenvalue weighted by Crippen LogP contribution is 2.48. The summed E-state index contributed by atoms with van der Waals surface area (Å²) in [6.45, 7) is 0.827. The molecule has 82 valence electrons. The topological polar surface area (TPSA) is 29.1 Å². The monoisotopic (exact) mass is 287 g/mol. The lowest BCUT2D eigenvalue weighted by Crippen LogP contribution is -2.30. The fourth-order valence-corrected chi connectivity index (χ4v) is 3.13. The first-order chi connectivity index (χ1) is 7.26. The van der Waals surface area contributed by atoms with E-state index in [1.807, 2.05) is 16.8 Å². The third-order valence-electron chi connectivity index (χ3n) is 2.99. The Morgan fingerprint density at radius 3 is 2.93 bits per heavy atom. The van der Waals surface area contributed by atoms with Gasteiger partial charge in [0, 0.05) is 22.8 Å². The molecule has 0 bridgehead atoms. The highest BCUT2D eigenvalue weighted by Gasteiger charge is 2.41. The van der Waals surface area contributed by atoms with Crippen LogP contribution in [0.2, 0.25) is 0 Å². The molecule has 1 amide bonds. The van der Waals surface area contributed by atoms with E-state index in [1.165, 1.54) is 12.8 Å². The summed E-state index contributed by atoms with van der Waals surface area (Å²) in [4.78, 5) is 11.7. The van der Waals surface area contributed by atoms with Crippen LogP contribution in [0.5, 0.6) is 0 Å². The van der Waals surface area contributed by atoms with Crippen molar-refractivity contribution < 1.29 is 4.79 Å². The highest BCUT2D eigenvalue weighted by molar-refractivity contribution is 9.09. The van der Waals surface area contributed by atoms with Crippen LogP contribution in [-0.4, -0.2) is 17.8 Å². The Morgan fingerprint density at radius 2 is 2.40 bits per heavy atom. The standard InChI is InChI=1S/C11H14BrNOS/c12-5-4-11(2-3-11)8-13-10(14)9-1-6-15-7-9/h1,6-7H,2-5,8H2,(H,13,14). The highest BCUT2D eigenvalue weighted by atomic mass is 79.9. The Balaban J connectivity index is 1.81. The number of hydrogen-bond donors (Lipinski definition) is 1.